The van der Waals surface area contributed by atoms with Gasteiger partial charge >= 0.3 is 0 Å². The molecule has 6 heteroatoms. The largest absolute Gasteiger partial charge is 0.496 e. The number of hydrogen-bond donors (Lipinski definition) is 2. The maximum Gasteiger partial charge on any atom is 0.125 e. The number of hydrazine groups is 1. The second-order valence-electron chi connectivity index (χ2n) is 4.13. The van der Waals surface area contributed by atoms with Crippen LogP contribution in [0.4, 0.5) is 0 Å². The van der Waals surface area contributed by atoms with Crippen molar-refractivity contribution in [3.8, 4) is 5.75 Å². The van der Waals surface area contributed by atoms with Crippen LogP contribution in [-0.4, -0.2) is 7.11 Å². The lowest BCUT2D eigenvalue weighted by Crippen LogP contribution is -2.29. The van der Waals surface area contributed by atoms with E-state index in [1.165, 1.54) is 0 Å². The lowest BCUT2D eigenvalue weighted by Gasteiger charge is -2.21. The number of hydrogen-bond acceptors (Lipinski definition) is 3. The highest BCUT2D eigenvalue weighted by Crippen LogP contribution is 2.37. The molecule has 0 aliphatic rings. The zero-order valence-electron chi connectivity index (χ0n) is 10.7. The topological polar surface area (TPSA) is 47.3 Å². The van der Waals surface area contributed by atoms with Gasteiger partial charge in [-0.1, -0.05) is 57.3 Å². The Kier molecular flexibility index (Phi) is 5.29. The molecule has 0 aromatic heterocycles. The number of benzene rings is 2. The van der Waals surface area contributed by atoms with Crippen LogP contribution in [-0.2, 0) is 0 Å². The molecule has 0 aliphatic heterocycles. The molecule has 2 rings (SSSR count). The van der Waals surface area contributed by atoms with Crippen molar-refractivity contribution in [2.24, 2.45) is 5.84 Å². The molecule has 0 fully saturated rings. The van der Waals surface area contributed by atoms with E-state index in [4.69, 9.17) is 33.8 Å². The van der Waals surface area contributed by atoms with Gasteiger partial charge in [0.15, 0.2) is 0 Å². The van der Waals surface area contributed by atoms with E-state index < -0.39 is 0 Å². The van der Waals surface area contributed by atoms with Gasteiger partial charge in [0.1, 0.15) is 5.75 Å². The second kappa shape index (κ2) is 6.78. The summed E-state index contributed by atoms with van der Waals surface area (Å²) in [6.07, 6.45) is 0. The number of halogens is 3. The summed E-state index contributed by atoms with van der Waals surface area (Å²) in [6, 6.07) is 10.8. The zero-order chi connectivity index (χ0) is 14.7. The van der Waals surface area contributed by atoms with Gasteiger partial charge in [-0.15, -0.1) is 0 Å². The maximum absolute atomic E-state index is 6.27. The number of ether oxygens (including phenoxy) is 1. The van der Waals surface area contributed by atoms with Gasteiger partial charge in [0.2, 0.25) is 0 Å². The fraction of sp³-hybridized carbons (Fsp3) is 0.143. The van der Waals surface area contributed by atoms with E-state index >= 15 is 0 Å². The van der Waals surface area contributed by atoms with Crippen molar-refractivity contribution in [1.29, 1.82) is 0 Å². The second-order valence-corrected chi connectivity index (χ2v) is 5.83. The molecule has 0 saturated heterocycles. The van der Waals surface area contributed by atoms with E-state index in [1.54, 1.807) is 13.2 Å². The molecule has 0 saturated carbocycles. The first-order chi connectivity index (χ1) is 9.58. The number of nitrogens with two attached hydrogens (primary N) is 1. The lowest BCUT2D eigenvalue weighted by molar-refractivity contribution is 0.404. The van der Waals surface area contributed by atoms with Crippen LogP contribution in [0.25, 0.3) is 0 Å². The molecular weight excluding hydrogens is 363 g/mol. The molecular formula is C14H13BrCl2N2O. The smallest absolute Gasteiger partial charge is 0.125 e. The standard InChI is InChI=1S/C14H13BrCl2N2O/c1-20-12-7-8(15)5-6-9(12)14(19-18)10-3-2-4-11(16)13(10)17/h2-7,14,19H,18H2,1H3. The number of nitrogens with one attached hydrogen (secondary N) is 1. The minimum Gasteiger partial charge on any atom is -0.496 e. The quantitative estimate of drug-likeness (QED) is 0.618. The molecule has 106 valence electrons. The predicted octanol–water partition coefficient (Wildman–Crippen LogP) is 4.32. The fourth-order valence-corrected chi connectivity index (χ4v) is 2.77. The minimum atomic E-state index is -0.316. The highest BCUT2D eigenvalue weighted by atomic mass is 79.9. The van der Waals surface area contributed by atoms with Crippen LogP contribution >= 0.6 is 39.1 Å². The van der Waals surface area contributed by atoms with Gasteiger partial charge in [-0.25, -0.2) is 5.43 Å². The van der Waals surface area contributed by atoms with E-state index in [9.17, 15) is 0 Å². The van der Waals surface area contributed by atoms with Crippen molar-refractivity contribution in [3.05, 3.63) is 62.0 Å². The molecule has 3 N–H and O–H groups in total. The number of rotatable bonds is 4. The fourth-order valence-electron chi connectivity index (χ4n) is 2.01. The van der Waals surface area contributed by atoms with Crippen LogP contribution < -0.4 is 16.0 Å². The van der Waals surface area contributed by atoms with Crippen molar-refractivity contribution >= 4 is 39.1 Å². The Hall–Kier alpha value is -0.780. The normalized spacial score (nSPS) is 12.2. The summed E-state index contributed by atoms with van der Waals surface area (Å²) >= 11 is 15.7. The SMILES string of the molecule is COc1cc(Br)ccc1C(NN)c1cccc(Cl)c1Cl. The van der Waals surface area contributed by atoms with Crippen LogP contribution in [0.3, 0.4) is 0 Å². The molecule has 0 bridgehead atoms. The van der Waals surface area contributed by atoms with Gasteiger partial charge in [-0.2, -0.15) is 0 Å². The molecule has 0 aliphatic carbocycles. The Morgan fingerprint density at radius 2 is 1.95 bits per heavy atom. The van der Waals surface area contributed by atoms with Crippen LogP contribution in [0, 0.1) is 0 Å². The molecule has 2 aromatic carbocycles. The average molecular weight is 376 g/mol. The van der Waals surface area contributed by atoms with Crippen molar-refractivity contribution in [2.75, 3.05) is 7.11 Å². The Balaban J connectivity index is 2.55. The summed E-state index contributed by atoms with van der Waals surface area (Å²) in [4.78, 5) is 0. The lowest BCUT2D eigenvalue weighted by atomic mass is 9.98. The third-order valence-electron chi connectivity index (χ3n) is 2.97. The Morgan fingerprint density at radius 3 is 2.60 bits per heavy atom. The summed E-state index contributed by atoms with van der Waals surface area (Å²) < 4.78 is 6.32. The zero-order valence-corrected chi connectivity index (χ0v) is 13.8. The van der Waals surface area contributed by atoms with E-state index in [0.29, 0.717) is 15.8 Å². The Bertz CT molecular complexity index is 622. The monoisotopic (exact) mass is 374 g/mol. The predicted molar refractivity (Wildman–Crippen MR) is 86.3 cm³/mol. The third kappa shape index (κ3) is 3.10. The number of methoxy groups -OCH3 is 1. The molecule has 0 heterocycles. The van der Waals surface area contributed by atoms with Gasteiger partial charge in [0.25, 0.3) is 0 Å². The van der Waals surface area contributed by atoms with Gasteiger partial charge in [0.05, 0.1) is 23.2 Å². The van der Waals surface area contributed by atoms with Crippen molar-refractivity contribution in [2.45, 2.75) is 6.04 Å². The summed E-state index contributed by atoms with van der Waals surface area (Å²) in [5.41, 5.74) is 4.43. The molecule has 0 radical (unpaired) electrons. The molecule has 1 atom stereocenters. The first-order valence-corrected chi connectivity index (χ1v) is 7.36. The van der Waals surface area contributed by atoms with E-state index in [2.05, 4.69) is 21.4 Å². The Labute approximate surface area is 136 Å². The molecule has 20 heavy (non-hydrogen) atoms. The molecule has 2 aromatic rings. The Morgan fingerprint density at radius 1 is 1.20 bits per heavy atom. The summed E-state index contributed by atoms with van der Waals surface area (Å²) in [7, 11) is 1.61. The van der Waals surface area contributed by atoms with E-state index in [0.717, 1.165) is 15.6 Å². The van der Waals surface area contributed by atoms with Crippen molar-refractivity contribution in [1.82, 2.24) is 5.43 Å². The maximum atomic E-state index is 6.27. The first-order valence-electron chi connectivity index (χ1n) is 5.82. The molecule has 3 nitrogen and oxygen atoms in total. The molecule has 1 unspecified atom stereocenters. The first kappa shape index (κ1) is 15.6. The van der Waals surface area contributed by atoms with Crippen LogP contribution in [0.2, 0.25) is 10.0 Å². The van der Waals surface area contributed by atoms with Gasteiger partial charge < -0.3 is 4.74 Å². The highest BCUT2D eigenvalue weighted by Gasteiger charge is 2.20. The molecule has 0 spiro atoms. The highest BCUT2D eigenvalue weighted by molar-refractivity contribution is 9.10. The molecule has 0 amide bonds. The minimum absolute atomic E-state index is 0.316. The summed E-state index contributed by atoms with van der Waals surface area (Å²) in [5, 5.41) is 0.961. The van der Waals surface area contributed by atoms with Crippen LogP contribution in [0.15, 0.2) is 40.9 Å². The summed E-state index contributed by atoms with van der Waals surface area (Å²) in [5.74, 6) is 6.41. The van der Waals surface area contributed by atoms with Crippen LogP contribution in [0.1, 0.15) is 17.2 Å². The summed E-state index contributed by atoms with van der Waals surface area (Å²) in [6.45, 7) is 0. The van der Waals surface area contributed by atoms with Crippen molar-refractivity contribution < 1.29 is 4.74 Å². The van der Waals surface area contributed by atoms with Gasteiger partial charge in [0, 0.05) is 10.0 Å². The van der Waals surface area contributed by atoms with Crippen LogP contribution in [0.5, 0.6) is 5.75 Å². The van der Waals surface area contributed by atoms with E-state index in [-0.39, 0.29) is 6.04 Å². The van der Waals surface area contributed by atoms with E-state index in [1.807, 2.05) is 30.3 Å². The van der Waals surface area contributed by atoms with Crippen molar-refractivity contribution in [3.63, 3.8) is 0 Å². The average Bonchev–Trinajstić information content (AvgIpc) is 2.45. The van der Waals surface area contributed by atoms with Gasteiger partial charge in [-0.3, -0.25) is 5.84 Å². The third-order valence-corrected chi connectivity index (χ3v) is 4.29. The van der Waals surface area contributed by atoms with Gasteiger partial charge in [-0.05, 0) is 23.8 Å².